The molecular weight excluding hydrogens is 350 g/mol. The molecule has 3 rings (SSSR count). The summed E-state index contributed by atoms with van der Waals surface area (Å²) in [5.41, 5.74) is 3.09. The molecule has 2 N–H and O–H groups in total. The van der Waals surface area contributed by atoms with E-state index in [9.17, 15) is 4.79 Å². The van der Waals surface area contributed by atoms with E-state index in [1.165, 1.54) is 0 Å². The lowest BCUT2D eigenvalue weighted by Gasteiger charge is -2.29. The van der Waals surface area contributed by atoms with Crippen LogP contribution in [0.15, 0.2) is 36.5 Å². The monoisotopic (exact) mass is 373 g/mol. The van der Waals surface area contributed by atoms with Gasteiger partial charge in [-0.2, -0.15) is 0 Å². The molecule has 1 aromatic carbocycles. The number of carbonyl (C=O) groups is 1. The molecule has 0 spiro atoms. The molecule has 5 nitrogen and oxygen atoms in total. The molecule has 1 saturated carbocycles. The van der Waals surface area contributed by atoms with Crippen molar-refractivity contribution in [2.75, 3.05) is 5.32 Å². The van der Waals surface area contributed by atoms with Gasteiger partial charge in [-0.05, 0) is 68.9 Å². The van der Waals surface area contributed by atoms with Gasteiger partial charge in [0.2, 0.25) is 5.88 Å². The highest BCUT2D eigenvalue weighted by Gasteiger charge is 2.24. The van der Waals surface area contributed by atoms with Gasteiger partial charge in [0.25, 0.3) is 0 Å². The lowest BCUT2D eigenvalue weighted by atomic mass is 9.93. The summed E-state index contributed by atoms with van der Waals surface area (Å²) in [6.07, 6.45) is 5.26. The Bertz CT molecular complexity index is 736. The Balaban J connectivity index is 1.44. The maximum absolute atomic E-state index is 12.2. The summed E-state index contributed by atoms with van der Waals surface area (Å²) >= 11 is 5.83. The van der Waals surface area contributed by atoms with Crippen LogP contribution >= 0.6 is 11.6 Å². The number of rotatable bonds is 4. The number of hydrogen-bond acceptors (Lipinski definition) is 3. The highest BCUT2D eigenvalue weighted by atomic mass is 35.5. The van der Waals surface area contributed by atoms with Crippen LogP contribution in [0.4, 0.5) is 10.5 Å². The van der Waals surface area contributed by atoms with E-state index in [1.54, 1.807) is 18.3 Å². The SMILES string of the molecule is Cc1cc(C)cc(NC(=O)NC2CCC(Oc3ccc(Cl)cn3)CC2)c1. The van der Waals surface area contributed by atoms with E-state index in [-0.39, 0.29) is 18.2 Å². The Kier molecular flexibility index (Phi) is 5.99. The Morgan fingerprint density at radius 1 is 1.12 bits per heavy atom. The minimum atomic E-state index is -0.154. The summed E-state index contributed by atoms with van der Waals surface area (Å²) < 4.78 is 5.89. The van der Waals surface area contributed by atoms with Crippen LogP contribution in [0.2, 0.25) is 5.02 Å². The molecule has 1 heterocycles. The minimum absolute atomic E-state index is 0.129. The molecule has 0 aliphatic heterocycles. The van der Waals surface area contributed by atoms with Crippen molar-refractivity contribution in [1.82, 2.24) is 10.3 Å². The van der Waals surface area contributed by atoms with Gasteiger partial charge in [0.15, 0.2) is 0 Å². The van der Waals surface area contributed by atoms with E-state index < -0.39 is 0 Å². The summed E-state index contributed by atoms with van der Waals surface area (Å²) in [6, 6.07) is 9.59. The molecule has 1 aliphatic rings. The van der Waals surface area contributed by atoms with Crippen molar-refractivity contribution in [3.63, 3.8) is 0 Å². The number of halogens is 1. The van der Waals surface area contributed by atoms with Crippen LogP contribution in [0.5, 0.6) is 5.88 Å². The highest BCUT2D eigenvalue weighted by molar-refractivity contribution is 6.30. The smallest absolute Gasteiger partial charge is 0.319 e. The fourth-order valence-corrected chi connectivity index (χ4v) is 3.44. The predicted molar refractivity (Wildman–Crippen MR) is 104 cm³/mol. The van der Waals surface area contributed by atoms with E-state index in [0.717, 1.165) is 42.5 Å². The second-order valence-corrected chi connectivity index (χ2v) is 7.32. The standard InChI is InChI=1S/C20H24ClN3O2/c1-13-9-14(2)11-17(10-13)24-20(25)23-16-4-6-18(7-5-16)26-19-8-3-15(21)12-22-19/h3,8-12,16,18H,4-7H2,1-2H3,(H2,23,24,25). The normalized spacial score (nSPS) is 19.7. The molecule has 1 aliphatic carbocycles. The third-order valence-electron chi connectivity index (χ3n) is 4.48. The topological polar surface area (TPSA) is 63.2 Å². The third kappa shape index (κ3) is 5.36. The Hall–Kier alpha value is -2.27. The van der Waals surface area contributed by atoms with Gasteiger partial charge in [-0.15, -0.1) is 0 Å². The number of ether oxygens (including phenoxy) is 1. The van der Waals surface area contributed by atoms with Crippen molar-refractivity contribution < 1.29 is 9.53 Å². The van der Waals surface area contributed by atoms with Crippen LogP contribution in [0.25, 0.3) is 0 Å². The maximum atomic E-state index is 12.2. The molecule has 0 radical (unpaired) electrons. The van der Waals surface area contributed by atoms with E-state index in [2.05, 4.69) is 21.7 Å². The van der Waals surface area contributed by atoms with Gasteiger partial charge in [0.1, 0.15) is 6.10 Å². The van der Waals surface area contributed by atoms with Crippen molar-refractivity contribution in [3.05, 3.63) is 52.7 Å². The first-order valence-corrected chi connectivity index (χ1v) is 9.30. The molecular formula is C20H24ClN3O2. The Morgan fingerprint density at radius 3 is 2.42 bits per heavy atom. The number of urea groups is 1. The maximum Gasteiger partial charge on any atom is 0.319 e. The molecule has 2 aromatic rings. The highest BCUT2D eigenvalue weighted by Crippen LogP contribution is 2.23. The van der Waals surface area contributed by atoms with E-state index in [4.69, 9.17) is 16.3 Å². The molecule has 1 fully saturated rings. The van der Waals surface area contributed by atoms with Crippen LogP contribution in [-0.4, -0.2) is 23.2 Å². The number of pyridine rings is 1. The average molecular weight is 374 g/mol. The zero-order valence-electron chi connectivity index (χ0n) is 15.1. The number of hydrogen-bond donors (Lipinski definition) is 2. The van der Waals surface area contributed by atoms with Crippen molar-refractivity contribution in [2.24, 2.45) is 0 Å². The lowest BCUT2D eigenvalue weighted by molar-refractivity contribution is 0.135. The van der Waals surface area contributed by atoms with Gasteiger partial charge >= 0.3 is 6.03 Å². The van der Waals surface area contributed by atoms with Crippen LogP contribution in [-0.2, 0) is 0 Å². The van der Waals surface area contributed by atoms with Crippen LogP contribution in [0, 0.1) is 13.8 Å². The van der Waals surface area contributed by atoms with Crippen molar-refractivity contribution in [1.29, 1.82) is 0 Å². The second-order valence-electron chi connectivity index (χ2n) is 6.88. The predicted octanol–water partition coefficient (Wildman–Crippen LogP) is 4.86. The fraction of sp³-hybridized carbons (Fsp3) is 0.400. The molecule has 1 aromatic heterocycles. The zero-order valence-corrected chi connectivity index (χ0v) is 15.8. The van der Waals surface area contributed by atoms with E-state index in [0.29, 0.717) is 10.9 Å². The van der Waals surface area contributed by atoms with Gasteiger partial charge in [0, 0.05) is 24.0 Å². The van der Waals surface area contributed by atoms with Crippen molar-refractivity contribution in [2.45, 2.75) is 51.7 Å². The molecule has 2 amide bonds. The quantitative estimate of drug-likeness (QED) is 0.804. The molecule has 0 unspecified atom stereocenters. The summed E-state index contributed by atoms with van der Waals surface area (Å²) in [4.78, 5) is 16.4. The molecule has 26 heavy (non-hydrogen) atoms. The van der Waals surface area contributed by atoms with Gasteiger partial charge < -0.3 is 15.4 Å². The fourth-order valence-electron chi connectivity index (χ4n) is 3.33. The van der Waals surface area contributed by atoms with Crippen LogP contribution < -0.4 is 15.4 Å². The van der Waals surface area contributed by atoms with Gasteiger partial charge in [0.05, 0.1) is 5.02 Å². The lowest BCUT2D eigenvalue weighted by Crippen LogP contribution is -2.41. The largest absolute Gasteiger partial charge is 0.474 e. The number of amides is 2. The first-order valence-electron chi connectivity index (χ1n) is 8.92. The number of benzene rings is 1. The number of nitrogens with one attached hydrogen (secondary N) is 2. The summed E-state index contributed by atoms with van der Waals surface area (Å²) in [6.45, 7) is 4.04. The van der Waals surface area contributed by atoms with Gasteiger partial charge in [-0.25, -0.2) is 9.78 Å². The van der Waals surface area contributed by atoms with Gasteiger partial charge in [-0.3, -0.25) is 0 Å². The Morgan fingerprint density at radius 2 is 1.81 bits per heavy atom. The first-order chi connectivity index (χ1) is 12.5. The third-order valence-corrected chi connectivity index (χ3v) is 4.70. The molecule has 6 heteroatoms. The summed E-state index contributed by atoms with van der Waals surface area (Å²) in [5, 5.41) is 6.58. The number of anilines is 1. The molecule has 138 valence electrons. The summed E-state index contributed by atoms with van der Waals surface area (Å²) in [5.74, 6) is 0.596. The second kappa shape index (κ2) is 8.41. The zero-order chi connectivity index (χ0) is 18.5. The first kappa shape index (κ1) is 18.5. The number of aromatic nitrogens is 1. The van der Waals surface area contributed by atoms with E-state index in [1.807, 2.05) is 26.0 Å². The Labute approximate surface area is 159 Å². The minimum Gasteiger partial charge on any atom is -0.474 e. The van der Waals surface area contributed by atoms with Crippen LogP contribution in [0.3, 0.4) is 0 Å². The number of nitrogens with zero attached hydrogens (tertiary/aromatic N) is 1. The number of carbonyl (C=O) groups excluding carboxylic acids is 1. The van der Waals surface area contributed by atoms with Crippen molar-refractivity contribution >= 4 is 23.3 Å². The van der Waals surface area contributed by atoms with Crippen molar-refractivity contribution in [3.8, 4) is 5.88 Å². The van der Waals surface area contributed by atoms with Crippen LogP contribution in [0.1, 0.15) is 36.8 Å². The summed E-state index contributed by atoms with van der Waals surface area (Å²) in [7, 11) is 0. The molecule has 0 bridgehead atoms. The average Bonchev–Trinajstić information content (AvgIpc) is 2.57. The van der Waals surface area contributed by atoms with Gasteiger partial charge in [-0.1, -0.05) is 17.7 Å². The van der Waals surface area contributed by atoms with E-state index >= 15 is 0 Å². The molecule has 0 saturated heterocycles. The number of aryl methyl sites for hydroxylation is 2. The molecule has 0 atom stereocenters.